The van der Waals surface area contributed by atoms with Crippen molar-refractivity contribution in [3.8, 4) is 6.07 Å². The number of nitrogens with zero attached hydrogens (tertiary/aromatic N) is 1. The molecule has 0 atom stereocenters. The van der Waals surface area contributed by atoms with Gasteiger partial charge in [0, 0.05) is 16.4 Å². The topological polar surface area (TPSA) is 64.9 Å². The highest BCUT2D eigenvalue weighted by atomic mass is 35.5. The van der Waals surface area contributed by atoms with Crippen LogP contribution in [0.15, 0.2) is 42.5 Å². The van der Waals surface area contributed by atoms with Crippen molar-refractivity contribution in [2.45, 2.75) is 0 Å². The highest BCUT2D eigenvalue weighted by molar-refractivity contribution is 6.32. The Hall–Kier alpha value is -2.22. The van der Waals surface area contributed by atoms with E-state index in [-0.39, 0.29) is 12.5 Å². The molecule has 0 bridgehead atoms. The second-order valence-electron chi connectivity index (χ2n) is 4.22. The number of nitriles is 1. The molecule has 2 aromatic rings. The lowest BCUT2D eigenvalue weighted by molar-refractivity contribution is -0.114. The Labute approximate surface area is 132 Å². The number of halogens is 2. The van der Waals surface area contributed by atoms with E-state index in [1.807, 2.05) is 6.07 Å². The van der Waals surface area contributed by atoms with Gasteiger partial charge in [0.25, 0.3) is 0 Å². The van der Waals surface area contributed by atoms with Crippen molar-refractivity contribution in [2.24, 2.45) is 0 Å². The van der Waals surface area contributed by atoms with Crippen LogP contribution < -0.4 is 10.6 Å². The van der Waals surface area contributed by atoms with Gasteiger partial charge in [-0.2, -0.15) is 5.26 Å². The van der Waals surface area contributed by atoms with Crippen LogP contribution >= 0.6 is 23.2 Å². The quantitative estimate of drug-likeness (QED) is 0.897. The van der Waals surface area contributed by atoms with E-state index in [4.69, 9.17) is 28.5 Å². The average molecular weight is 320 g/mol. The average Bonchev–Trinajstić information content (AvgIpc) is 2.45. The van der Waals surface area contributed by atoms with E-state index in [1.54, 1.807) is 42.5 Å². The number of carbonyl (C=O) groups excluding carboxylic acids is 1. The van der Waals surface area contributed by atoms with Gasteiger partial charge < -0.3 is 10.6 Å². The summed E-state index contributed by atoms with van der Waals surface area (Å²) in [5, 5.41) is 15.3. The maximum atomic E-state index is 11.8. The van der Waals surface area contributed by atoms with E-state index in [9.17, 15) is 4.79 Å². The highest BCUT2D eigenvalue weighted by Gasteiger charge is 2.04. The second-order valence-corrected chi connectivity index (χ2v) is 5.06. The number of nitrogens with one attached hydrogen (secondary N) is 2. The summed E-state index contributed by atoms with van der Waals surface area (Å²) in [6, 6.07) is 13.8. The van der Waals surface area contributed by atoms with Gasteiger partial charge in [-0.3, -0.25) is 4.79 Å². The summed E-state index contributed by atoms with van der Waals surface area (Å²) in [6.45, 7) is 0.0781. The molecule has 21 heavy (non-hydrogen) atoms. The number of anilines is 2. The van der Waals surface area contributed by atoms with E-state index in [1.165, 1.54) is 0 Å². The van der Waals surface area contributed by atoms with Crippen molar-refractivity contribution in [2.75, 3.05) is 17.2 Å². The molecular weight excluding hydrogens is 309 g/mol. The fourth-order valence-electron chi connectivity index (χ4n) is 1.67. The minimum Gasteiger partial charge on any atom is -0.376 e. The molecule has 2 rings (SSSR count). The van der Waals surface area contributed by atoms with E-state index >= 15 is 0 Å². The van der Waals surface area contributed by atoms with Gasteiger partial charge in [0.1, 0.15) is 6.07 Å². The van der Waals surface area contributed by atoms with Gasteiger partial charge in [0.2, 0.25) is 5.91 Å². The number of amides is 1. The van der Waals surface area contributed by atoms with E-state index in [2.05, 4.69) is 10.6 Å². The van der Waals surface area contributed by atoms with E-state index in [0.717, 1.165) is 0 Å². The van der Waals surface area contributed by atoms with Crippen LogP contribution in [0, 0.1) is 11.3 Å². The van der Waals surface area contributed by atoms with Gasteiger partial charge in [-0.15, -0.1) is 0 Å². The van der Waals surface area contributed by atoms with Gasteiger partial charge in [0.05, 0.1) is 17.1 Å². The molecule has 0 aliphatic rings. The summed E-state index contributed by atoms with van der Waals surface area (Å²) < 4.78 is 0. The molecule has 0 aliphatic carbocycles. The van der Waals surface area contributed by atoms with Crippen LogP contribution in [0.25, 0.3) is 0 Å². The van der Waals surface area contributed by atoms with Crippen molar-refractivity contribution in [3.63, 3.8) is 0 Å². The lowest BCUT2D eigenvalue weighted by atomic mass is 10.2. The van der Waals surface area contributed by atoms with Crippen LogP contribution in [0.5, 0.6) is 0 Å². The molecule has 2 N–H and O–H groups in total. The van der Waals surface area contributed by atoms with Crippen LogP contribution in [-0.4, -0.2) is 12.5 Å². The monoisotopic (exact) mass is 319 g/mol. The van der Waals surface area contributed by atoms with E-state index in [0.29, 0.717) is 27.0 Å². The molecule has 1 amide bonds. The zero-order valence-electron chi connectivity index (χ0n) is 10.9. The molecule has 0 aliphatic heterocycles. The molecule has 0 fully saturated rings. The largest absolute Gasteiger partial charge is 0.376 e. The summed E-state index contributed by atoms with van der Waals surface area (Å²) in [7, 11) is 0. The van der Waals surface area contributed by atoms with Crippen LogP contribution in [0.1, 0.15) is 5.56 Å². The molecule has 0 aromatic heterocycles. The molecule has 4 nitrogen and oxygen atoms in total. The summed E-state index contributed by atoms with van der Waals surface area (Å²) in [5.41, 5.74) is 1.69. The molecule has 0 saturated carbocycles. The Morgan fingerprint density at radius 3 is 2.62 bits per heavy atom. The first-order valence-corrected chi connectivity index (χ1v) is 6.83. The maximum Gasteiger partial charge on any atom is 0.243 e. The molecule has 0 heterocycles. The lowest BCUT2D eigenvalue weighted by Crippen LogP contribution is -2.21. The Kier molecular flexibility index (Phi) is 5.04. The minimum atomic E-state index is -0.210. The highest BCUT2D eigenvalue weighted by Crippen LogP contribution is 2.20. The third-order valence-electron chi connectivity index (χ3n) is 2.65. The van der Waals surface area contributed by atoms with E-state index < -0.39 is 0 Å². The number of rotatable bonds is 4. The number of carbonyl (C=O) groups is 1. The SMILES string of the molecule is N#Cc1ccc(NCC(=O)Nc2cccc(Cl)c2)cc1Cl. The maximum absolute atomic E-state index is 11.8. The Balaban J connectivity index is 1.92. The predicted octanol–water partition coefficient (Wildman–Crippen LogP) is 3.92. The minimum absolute atomic E-state index is 0.0781. The molecule has 0 saturated heterocycles. The lowest BCUT2D eigenvalue weighted by Gasteiger charge is -2.08. The van der Waals surface area contributed by atoms with Gasteiger partial charge in [-0.1, -0.05) is 29.3 Å². The van der Waals surface area contributed by atoms with Crippen LogP contribution in [0.4, 0.5) is 11.4 Å². The second kappa shape index (κ2) is 6.98. The molecule has 6 heteroatoms. The van der Waals surface area contributed by atoms with Crippen molar-refractivity contribution >= 4 is 40.5 Å². The van der Waals surface area contributed by atoms with Gasteiger partial charge in [0.15, 0.2) is 0 Å². The first kappa shape index (κ1) is 15.2. The number of benzene rings is 2. The van der Waals surface area contributed by atoms with Crippen molar-refractivity contribution in [1.29, 1.82) is 5.26 Å². The zero-order valence-corrected chi connectivity index (χ0v) is 12.4. The predicted molar refractivity (Wildman–Crippen MR) is 84.7 cm³/mol. The molecule has 0 unspecified atom stereocenters. The number of hydrogen-bond donors (Lipinski definition) is 2. The fourth-order valence-corrected chi connectivity index (χ4v) is 2.08. The molecule has 0 spiro atoms. The molecule has 0 radical (unpaired) electrons. The summed E-state index contributed by atoms with van der Waals surface area (Å²) >= 11 is 11.8. The van der Waals surface area contributed by atoms with Crippen LogP contribution in [0.3, 0.4) is 0 Å². The first-order valence-electron chi connectivity index (χ1n) is 6.07. The third-order valence-corrected chi connectivity index (χ3v) is 3.20. The normalized spacial score (nSPS) is 9.76. The van der Waals surface area contributed by atoms with Gasteiger partial charge in [-0.25, -0.2) is 0 Å². The molecule has 106 valence electrons. The Bertz CT molecular complexity index is 710. The Morgan fingerprint density at radius 2 is 1.95 bits per heavy atom. The standard InChI is InChI=1S/C15H11Cl2N3O/c16-11-2-1-3-13(6-11)20-15(21)9-19-12-5-4-10(8-18)14(17)7-12/h1-7,19H,9H2,(H,20,21). The van der Waals surface area contributed by atoms with Crippen LogP contribution in [-0.2, 0) is 4.79 Å². The van der Waals surface area contributed by atoms with Gasteiger partial charge >= 0.3 is 0 Å². The molecular formula is C15H11Cl2N3O. The van der Waals surface area contributed by atoms with Gasteiger partial charge in [-0.05, 0) is 36.4 Å². The zero-order chi connectivity index (χ0) is 15.2. The van der Waals surface area contributed by atoms with Crippen molar-refractivity contribution in [1.82, 2.24) is 0 Å². The summed E-state index contributed by atoms with van der Waals surface area (Å²) in [6.07, 6.45) is 0. The fraction of sp³-hybridized carbons (Fsp3) is 0.0667. The molecule has 2 aromatic carbocycles. The first-order chi connectivity index (χ1) is 10.1. The Morgan fingerprint density at radius 1 is 1.14 bits per heavy atom. The summed E-state index contributed by atoms with van der Waals surface area (Å²) in [4.78, 5) is 11.8. The number of hydrogen-bond acceptors (Lipinski definition) is 3. The smallest absolute Gasteiger partial charge is 0.243 e. The van der Waals surface area contributed by atoms with Crippen LogP contribution in [0.2, 0.25) is 10.0 Å². The van der Waals surface area contributed by atoms with Crippen molar-refractivity contribution < 1.29 is 4.79 Å². The third kappa shape index (κ3) is 4.38. The van der Waals surface area contributed by atoms with Crippen molar-refractivity contribution in [3.05, 3.63) is 58.1 Å². The summed E-state index contributed by atoms with van der Waals surface area (Å²) in [5.74, 6) is -0.210.